The molecule has 0 atom stereocenters. The fraction of sp³-hybridized carbons (Fsp3) is 0.0909. The van der Waals surface area contributed by atoms with Gasteiger partial charge in [0.25, 0.3) is 0 Å². The number of pyridine rings is 1. The zero-order valence-electron chi connectivity index (χ0n) is 7.97. The molecule has 0 saturated heterocycles. The summed E-state index contributed by atoms with van der Waals surface area (Å²) < 4.78 is 5.16. The van der Waals surface area contributed by atoms with Crippen molar-refractivity contribution in [2.24, 2.45) is 0 Å². The van der Waals surface area contributed by atoms with Crippen LogP contribution in [0, 0.1) is 11.3 Å². The maximum absolute atomic E-state index is 8.58. The van der Waals surface area contributed by atoms with Gasteiger partial charge in [-0.15, -0.1) is 0 Å². The molecule has 0 aliphatic heterocycles. The van der Waals surface area contributed by atoms with Crippen molar-refractivity contribution < 1.29 is 4.42 Å². The summed E-state index contributed by atoms with van der Waals surface area (Å²) in [6.45, 7) is 0.589. The number of nitrogens with one attached hydrogen (secondary N) is 1. The van der Waals surface area contributed by atoms with Crippen molar-refractivity contribution >= 4 is 5.82 Å². The van der Waals surface area contributed by atoms with E-state index in [-0.39, 0.29) is 0 Å². The van der Waals surface area contributed by atoms with Crippen molar-refractivity contribution in [3.63, 3.8) is 0 Å². The van der Waals surface area contributed by atoms with Gasteiger partial charge >= 0.3 is 0 Å². The summed E-state index contributed by atoms with van der Waals surface area (Å²) >= 11 is 0. The van der Waals surface area contributed by atoms with Gasteiger partial charge in [-0.2, -0.15) is 5.26 Å². The highest BCUT2D eigenvalue weighted by Crippen LogP contribution is 2.07. The summed E-state index contributed by atoms with van der Waals surface area (Å²) in [5, 5.41) is 11.7. The fourth-order valence-electron chi connectivity index (χ4n) is 1.16. The molecule has 4 heteroatoms. The smallest absolute Gasteiger partial charge is 0.126 e. The first-order valence-electron chi connectivity index (χ1n) is 4.51. The first kappa shape index (κ1) is 9.28. The van der Waals surface area contributed by atoms with Gasteiger partial charge < -0.3 is 9.73 Å². The van der Waals surface area contributed by atoms with Crippen LogP contribution < -0.4 is 5.32 Å². The van der Waals surface area contributed by atoms with Gasteiger partial charge in [-0.05, 0) is 24.3 Å². The van der Waals surface area contributed by atoms with E-state index in [0.717, 1.165) is 11.6 Å². The Morgan fingerprint density at radius 1 is 1.40 bits per heavy atom. The molecule has 0 aromatic carbocycles. The average Bonchev–Trinajstić information content (AvgIpc) is 2.80. The lowest BCUT2D eigenvalue weighted by atomic mass is 10.3. The van der Waals surface area contributed by atoms with Gasteiger partial charge in [-0.3, -0.25) is 0 Å². The lowest BCUT2D eigenvalue weighted by molar-refractivity contribution is 0.518. The number of hydrogen-bond acceptors (Lipinski definition) is 4. The maximum atomic E-state index is 8.58. The summed E-state index contributed by atoms with van der Waals surface area (Å²) in [5.41, 5.74) is 0.554. The Bertz CT molecular complexity index is 454. The van der Waals surface area contributed by atoms with E-state index in [2.05, 4.69) is 10.3 Å². The molecule has 0 saturated carbocycles. The lowest BCUT2D eigenvalue weighted by Gasteiger charge is -2.02. The van der Waals surface area contributed by atoms with E-state index in [1.807, 2.05) is 18.2 Å². The molecular formula is C11H9N3O. The molecule has 2 aromatic rings. The minimum Gasteiger partial charge on any atom is -0.467 e. The van der Waals surface area contributed by atoms with Crippen LogP contribution >= 0.6 is 0 Å². The Morgan fingerprint density at radius 2 is 2.33 bits per heavy atom. The molecule has 0 aliphatic carbocycles. The van der Waals surface area contributed by atoms with Crippen LogP contribution in [0.4, 0.5) is 5.82 Å². The van der Waals surface area contributed by atoms with E-state index in [4.69, 9.17) is 9.68 Å². The van der Waals surface area contributed by atoms with E-state index in [0.29, 0.717) is 12.1 Å². The van der Waals surface area contributed by atoms with Crippen molar-refractivity contribution in [3.8, 4) is 6.07 Å². The Hall–Kier alpha value is -2.28. The monoisotopic (exact) mass is 199 g/mol. The number of anilines is 1. The number of furan rings is 1. The second kappa shape index (κ2) is 4.29. The molecule has 0 amide bonds. The summed E-state index contributed by atoms with van der Waals surface area (Å²) in [6, 6.07) is 9.22. The molecule has 0 fully saturated rings. The van der Waals surface area contributed by atoms with Gasteiger partial charge in [-0.1, -0.05) is 0 Å². The van der Waals surface area contributed by atoms with E-state index in [1.54, 1.807) is 18.4 Å². The first-order chi connectivity index (χ1) is 7.38. The Kier molecular flexibility index (Phi) is 2.65. The third kappa shape index (κ3) is 2.35. The lowest BCUT2D eigenvalue weighted by Crippen LogP contribution is -1.99. The first-order valence-corrected chi connectivity index (χ1v) is 4.51. The van der Waals surface area contributed by atoms with Gasteiger partial charge in [0.2, 0.25) is 0 Å². The predicted octanol–water partition coefficient (Wildman–Crippen LogP) is 2.16. The fourth-order valence-corrected chi connectivity index (χ4v) is 1.16. The third-order valence-corrected chi connectivity index (χ3v) is 1.92. The molecule has 0 bridgehead atoms. The largest absolute Gasteiger partial charge is 0.467 e. The quantitative estimate of drug-likeness (QED) is 0.822. The van der Waals surface area contributed by atoms with Crippen LogP contribution in [0.3, 0.4) is 0 Å². The maximum Gasteiger partial charge on any atom is 0.126 e. The molecule has 0 aliphatic rings. The molecule has 1 N–H and O–H groups in total. The van der Waals surface area contributed by atoms with Crippen LogP contribution in [-0.2, 0) is 6.54 Å². The van der Waals surface area contributed by atoms with E-state index >= 15 is 0 Å². The standard InChI is InChI=1S/C11H9N3O/c12-6-9-3-4-11(13-7-9)14-8-10-2-1-5-15-10/h1-5,7H,8H2,(H,13,14). The minimum absolute atomic E-state index is 0.554. The minimum atomic E-state index is 0.554. The van der Waals surface area contributed by atoms with Crippen LogP contribution in [0.1, 0.15) is 11.3 Å². The molecule has 15 heavy (non-hydrogen) atoms. The van der Waals surface area contributed by atoms with Crippen molar-refractivity contribution in [2.45, 2.75) is 6.54 Å². The van der Waals surface area contributed by atoms with Gasteiger partial charge in [0.05, 0.1) is 18.4 Å². The zero-order chi connectivity index (χ0) is 10.5. The Labute approximate surface area is 87.2 Å². The van der Waals surface area contributed by atoms with Crippen molar-refractivity contribution in [2.75, 3.05) is 5.32 Å². The normalized spacial score (nSPS) is 9.53. The molecule has 2 heterocycles. The van der Waals surface area contributed by atoms with Crippen LogP contribution in [-0.4, -0.2) is 4.98 Å². The van der Waals surface area contributed by atoms with Crippen molar-refractivity contribution in [3.05, 3.63) is 48.0 Å². The third-order valence-electron chi connectivity index (χ3n) is 1.92. The highest BCUT2D eigenvalue weighted by Gasteiger charge is 1.97. The van der Waals surface area contributed by atoms with Crippen LogP contribution in [0.15, 0.2) is 41.1 Å². The summed E-state index contributed by atoms with van der Waals surface area (Å²) in [7, 11) is 0. The van der Waals surface area contributed by atoms with Gasteiger partial charge in [-0.25, -0.2) is 4.98 Å². The molecule has 4 nitrogen and oxygen atoms in total. The number of aromatic nitrogens is 1. The van der Waals surface area contributed by atoms with Crippen molar-refractivity contribution in [1.29, 1.82) is 5.26 Å². The van der Waals surface area contributed by atoms with Crippen LogP contribution in [0.5, 0.6) is 0 Å². The number of hydrogen-bond donors (Lipinski definition) is 1. The topological polar surface area (TPSA) is 61.9 Å². The summed E-state index contributed by atoms with van der Waals surface area (Å²) in [6.07, 6.45) is 3.16. The molecular weight excluding hydrogens is 190 g/mol. The van der Waals surface area contributed by atoms with E-state index < -0.39 is 0 Å². The highest BCUT2D eigenvalue weighted by atomic mass is 16.3. The molecule has 74 valence electrons. The van der Waals surface area contributed by atoms with Gasteiger partial charge in [0.15, 0.2) is 0 Å². The average molecular weight is 199 g/mol. The zero-order valence-corrected chi connectivity index (χ0v) is 7.97. The molecule has 0 unspecified atom stereocenters. The van der Waals surface area contributed by atoms with E-state index in [9.17, 15) is 0 Å². The number of rotatable bonds is 3. The second-order valence-electron chi connectivity index (χ2n) is 2.98. The SMILES string of the molecule is N#Cc1ccc(NCc2ccco2)nc1. The predicted molar refractivity (Wildman–Crippen MR) is 55.0 cm³/mol. The number of nitrogens with zero attached hydrogens (tertiary/aromatic N) is 2. The van der Waals surface area contributed by atoms with E-state index in [1.165, 1.54) is 6.20 Å². The molecule has 2 aromatic heterocycles. The van der Waals surface area contributed by atoms with Crippen LogP contribution in [0.25, 0.3) is 0 Å². The Balaban J connectivity index is 1.97. The van der Waals surface area contributed by atoms with Crippen molar-refractivity contribution in [1.82, 2.24) is 4.98 Å². The summed E-state index contributed by atoms with van der Waals surface area (Å²) in [5.74, 6) is 1.58. The second-order valence-corrected chi connectivity index (χ2v) is 2.98. The highest BCUT2D eigenvalue weighted by molar-refractivity contribution is 5.39. The molecule has 0 radical (unpaired) electrons. The Morgan fingerprint density at radius 3 is 2.93 bits per heavy atom. The number of nitriles is 1. The van der Waals surface area contributed by atoms with Gasteiger partial charge in [0, 0.05) is 6.20 Å². The molecule has 2 rings (SSSR count). The molecule has 0 spiro atoms. The van der Waals surface area contributed by atoms with Gasteiger partial charge in [0.1, 0.15) is 17.6 Å². The van der Waals surface area contributed by atoms with Crippen LogP contribution in [0.2, 0.25) is 0 Å². The summed E-state index contributed by atoms with van der Waals surface area (Å²) in [4.78, 5) is 4.07.